The van der Waals surface area contributed by atoms with Crippen LogP contribution in [0, 0.1) is 11.3 Å². The molecule has 4 nitrogen and oxygen atoms in total. The highest BCUT2D eigenvalue weighted by Crippen LogP contribution is 2.27. The van der Waals surface area contributed by atoms with E-state index in [1.165, 1.54) is 0 Å². The van der Waals surface area contributed by atoms with Gasteiger partial charge < -0.3 is 9.80 Å². The summed E-state index contributed by atoms with van der Waals surface area (Å²) < 4.78 is 0.937. The van der Waals surface area contributed by atoms with E-state index >= 15 is 0 Å². The van der Waals surface area contributed by atoms with Crippen LogP contribution < -0.4 is 4.90 Å². The molecule has 1 heterocycles. The maximum absolute atomic E-state index is 12.3. The summed E-state index contributed by atoms with van der Waals surface area (Å²) in [6.45, 7) is 1.50. The molecule has 1 aromatic rings. The van der Waals surface area contributed by atoms with Gasteiger partial charge in [0.2, 0.25) is 0 Å². The molecular weight excluding hydrogens is 330 g/mol. The Morgan fingerprint density at radius 2 is 2.05 bits per heavy atom. The molecule has 1 aromatic carbocycles. The molecule has 0 atom stereocenters. The molecule has 5 heteroatoms. The third-order valence-electron chi connectivity index (χ3n) is 3.51. The van der Waals surface area contributed by atoms with Gasteiger partial charge in [0.1, 0.15) is 11.6 Å². The summed E-state index contributed by atoms with van der Waals surface area (Å²) in [5.41, 5.74) is 2.09. The van der Waals surface area contributed by atoms with Crippen molar-refractivity contribution in [3.8, 4) is 6.07 Å². The number of likely N-dealkylation sites (tertiary alicyclic amines) is 1. The first-order valence-electron chi connectivity index (χ1n) is 6.91. The van der Waals surface area contributed by atoms with Gasteiger partial charge in [0, 0.05) is 31.7 Å². The Labute approximate surface area is 133 Å². The molecular formula is C16H18BrN3O. The number of benzene rings is 1. The average Bonchev–Trinajstić information content (AvgIpc) is 2.97. The van der Waals surface area contributed by atoms with Gasteiger partial charge in [-0.3, -0.25) is 4.79 Å². The van der Waals surface area contributed by atoms with E-state index < -0.39 is 0 Å². The molecule has 110 valence electrons. The monoisotopic (exact) mass is 347 g/mol. The fraction of sp³-hybridized carbons (Fsp3) is 0.375. The molecule has 1 aliphatic rings. The van der Waals surface area contributed by atoms with Crippen molar-refractivity contribution in [3.05, 3.63) is 33.8 Å². The number of hydrogen-bond donors (Lipinski definition) is 0. The van der Waals surface area contributed by atoms with E-state index in [0.29, 0.717) is 0 Å². The average molecular weight is 348 g/mol. The third kappa shape index (κ3) is 3.64. The van der Waals surface area contributed by atoms with Crippen molar-refractivity contribution in [2.24, 2.45) is 0 Å². The zero-order valence-corrected chi connectivity index (χ0v) is 13.9. The van der Waals surface area contributed by atoms with Crippen LogP contribution in [0.25, 0.3) is 6.08 Å². The molecule has 1 amide bonds. The molecule has 0 saturated carbocycles. The molecule has 0 aliphatic carbocycles. The van der Waals surface area contributed by atoms with Gasteiger partial charge in [0.15, 0.2) is 0 Å². The van der Waals surface area contributed by atoms with Crippen molar-refractivity contribution < 1.29 is 4.79 Å². The van der Waals surface area contributed by atoms with E-state index in [4.69, 9.17) is 0 Å². The van der Waals surface area contributed by atoms with Gasteiger partial charge >= 0.3 is 0 Å². The molecule has 1 aliphatic heterocycles. The summed E-state index contributed by atoms with van der Waals surface area (Å²) in [6, 6.07) is 7.82. The number of nitrogens with zero attached hydrogens (tertiary/aromatic N) is 3. The van der Waals surface area contributed by atoms with Gasteiger partial charge in [-0.05, 0) is 52.5 Å². The Kier molecular flexibility index (Phi) is 5.03. The Morgan fingerprint density at radius 3 is 2.57 bits per heavy atom. The zero-order chi connectivity index (χ0) is 15.4. The largest absolute Gasteiger partial charge is 0.377 e. The van der Waals surface area contributed by atoms with Crippen molar-refractivity contribution in [1.29, 1.82) is 5.26 Å². The lowest BCUT2D eigenvalue weighted by Gasteiger charge is -2.15. The number of nitriles is 1. The minimum atomic E-state index is -0.164. The van der Waals surface area contributed by atoms with Gasteiger partial charge in [-0.2, -0.15) is 5.26 Å². The molecule has 1 saturated heterocycles. The van der Waals surface area contributed by atoms with Crippen LogP contribution in [0.2, 0.25) is 0 Å². The normalized spacial score (nSPS) is 15.0. The predicted molar refractivity (Wildman–Crippen MR) is 87.9 cm³/mol. The number of carbonyl (C=O) groups is 1. The molecule has 0 aromatic heterocycles. The third-order valence-corrected chi connectivity index (χ3v) is 4.14. The molecule has 0 bridgehead atoms. The minimum Gasteiger partial charge on any atom is -0.377 e. The quantitative estimate of drug-likeness (QED) is 0.623. The second-order valence-electron chi connectivity index (χ2n) is 5.27. The summed E-state index contributed by atoms with van der Waals surface area (Å²) in [4.78, 5) is 16.0. The van der Waals surface area contributed by atoms with E-state index in [1.54, 1.807) is 11.0 Å². The summed E-state index contributed by atoms with van der Waals surface area (Å²) in [5, 5.41) is 9.24. The van der Waals surface area contributed by atoms with E-state index in [1.807, 2.05) is 43.3 Å². The minimum absolute atomic E-state index is 0.164. The summed E-state index contributed by atoms with van der Waals surface area (Å²) >= 11 is 3.51. The SMILES string of the molecule is CN(C)c1ccc(/C=C(\C#N)C(=O)N2CCCC2)cc1Br. The van der Waals surface area contributed by atoms with Crippen LogP contribution in [0.1, 0.15) is 18.4 Å². The van der Waals surface area contributed by atoms with E-state index in [2.05, 4.69) is 15.9 Å². The number of carbonyl (C=O) groups excluding carboxylic acids is 1. The number of halogens is 1. The Balaban J connectivity index is 2.26. The summed E-state index contributed by atoms with van der Waals surface area (Å²) in [6.07, 6.45) is 3.70. The summed E-state index contributed by atoms with van der Waals surface area (Å²) in [5.74, 6) is -0.164. The topological polar surface area (TPSA) is 47.3 Å². The number of rotatable bonds is 3. The van der Waals surface area contributed by atoms with Crippen LogP contribution in [-0.2, 0) is 4.79 Å². The van der Waals surface area contributed by atoms with Crippen molar-refractivity contribution in [1.82, 2.24) is 4.90 Å². The molecule has 0 unspecified atom stereocenters. The second-order valence-corrected chi connectivity index (χ2v) is 6.13. The fourth-order valence-electron chi connectivity index (χ4n) is 2.37. The molecule has 1 fully saturated rings. The highest BCUT2D eigenvalue weighted by molar-refractivity contribution is 9.10. The van der Waals surface area contributed by atoms with E-state index in [-0.39, 0.29) is 11.5 Å². The molecule has 0 spiro atoms. The fourth-order valence-corrected chi connectivity index (χ4v) is 3.13. The van der Waals surface area contributed by atoms with Crippen LogP contribution in [0.15, 0.2) is 28.2 Å². The predicted octanol–water partition coefficient (Wildman–Crippen LogP) is 3.04. The van der Waals surface area contributed by atoms with E-state index in [9.17, 15) is 10.1 Å². The van der Waals surface area contributed by atoms with Gasteiger partial charge in [-0.25, -0.2) is 0 Å². The standard InChI is InChI=1S/C16H18BrN3O/c1-19(2)15-6-5-12(10-14(15)17)9-13(11-18)16(21)20-7-3-4-8-20/h5-6,9-10H,3-4,7-8H2,1-2H3/b13-9+. The molecule has 0 N–H and O–H groups in total. The number of anilines is 1. The highest BCUT2D eigenvalue weighted by Gasteiger charge is 2.21. The van der Waals surface area contributed by atoms with Crippen LogP contribution in [0.4, 0.5) is 5.69 Å². The van der Waals surface area contributed by atoms with Crippen molar-refractivity contribution >= 4 is 33.6 Å². The van der Waals surface area contributed by atoms with E-state index in [0.717, 1.165) is 41.7 Å². The first-order chi connectivity index (χ1) is 10.0. The lowest BCUT2D eigenvalue weighted by molar-refractivity contribution is -0.125. The van der Waals surface area contributed by atoms with Gasteiger partial charge in [-0.1, -0.05) is 6.07 Å². The lowest BCUT2D eigenvalue weighted by atomic mass is 10.1. The van der Waals surface area contributed by atoms with Crippen molar-refractivity contribution in [2.45, 2.75) is 12.8 Å². The lowest BCUT2D eigenvalue weighted by Crippen LogP contribution is -2.28. The highest BCUT2D eigenvalue weighted by atomic mass is 79.9. The van der Waals surface area contributed by atoms with Crippen LogP contribution in [-0.4, -0.2) is 38.0 Å². The Morgan fingerprint density at radius 1 is 1.38 bits per heavy atom. The molecule has 21 heavy (non-hydrogen) atoms. The molecule has 2 rings (SSSR count). The number of hydrogen-bond acceptors (Lipinski definition) is 3. The first-order valence-corrected chi connectivity index (χ1v) is 7.70. The Bertz CT molecular complexity index is 610. The maximum Gasteiger partial charge on any atom is 0.264 e. The smallest absolute Gasteiger partial charge is 0.264 e. The number of amides is 1. The van der Waals surface area contributed by atoms with Crippen molar-refractivity contribution in [2.75, 3.05) is 32.1 Å². The summed E-state index contributed by atoms with van der Waals surface area (Å²) in [7, 11) is 3.93. The maximum atomic E-state index is 12.3. The first kappa shape index (κ1) is 15.6. The van der Waals surface area contributed by atoms with Gasteiger partial charge in [0.05, 0.1) is 5.69 Å². The molecule has 0 radical (unpaired) electrons. The second kappa shape index (κ2) is 6.77. The van der Waals surface area contributed by atoms with Crippen LogP contribution >= 0.6 is 15.9 Å². The van der Waals surface area contributed by atoms with Gasteiger partial charge in [0.25, 0.3) is 5.91 Å². The van der Waals surface area contributed by atoms with Gasteiger partial charge in [-0.15, -0.1) is 0 Å². The van der Waals surface area contributed by atoms with Crippen LogP contribution in [0.5, 0.6) is 0 Å². The Hall–Kier alpha value is -1.80. The zero-order valence-electron chi connectivity index (χ0n) is 12.3. The van der Waals surface area contributed by atoms with Crippen LogP contribution in [0.3, 0.4) is 0 Å². The van der Waals surface area contributed by atoms with Crippen molar-refractivity contribution in [3.63, 3.8) is 0 Å².